The molecule has 0 spiro atoms. The van der Waals surface area contributed by atoms with Gasteiger partial charge in [-0.25, -0.2) is 0 Å². The number of carbonyl (C=O) groups excluding carboxylic acids is 3. The van der Waals surface area contributed by atoms with Crippen molar-refractivity contribution in [2.75, 3.05) is 6.61 Å². The van der Waals surface area contributed by atoms with Gasteiger partial charge in [0.2, 0.25) is 6.10 Å². The lowest BCUT2D eigenvalue weighted by molar-refractivity contribution is -0.136. The molecule has 3 rings (SSSR count). The van der Waals surface area contributed by atoms with E-state index in [2.05, 4.69) is 16.2 Å². The van der Waals surface area contributed by atoms with Gasteiger partial charge in [0.25, 0.3) is 17.7 Å². The molecule has 1 heterocycles. The minimum Gasteiger partial charge on any atom is -0.485 e. The molecule has 9 heteroatoms. The molecule has 164 valence electrons. The lowest BCUT2D eigenvalue weighted by Gasteiger charge is -2.27. The predicted molar refractivity (Wildman–Crippen MR) is 115 cm³/mol. The largest absolute Gasteiger partial charge is 0.485 e. The third-order valence-electron chi connectivity index (χ3n) is 5.00. The first-order chi connectivity index (χ1) is 14.9. The molecule has 0 saturated heterocycles. The van der Waals surface area contributed by atoms with Crippen LogP contribution >= 0.6 is 11.6 Å². The highest BCUT2D eigenvalue weighted by molar-refractivity contribution is 6.30. The fourth-order valence-electron chi connectivity index (χ4n) is 2.96. The highest BCUT2D eigenvalue weighted by Gasteiger charge is 2.30. The summed E-state index contributed by atoms with van der Waals surface area (Å²) >= 11 is 5.85. The van der Waals surface area contributed by atoms with Crippen LogP contribution in [0, 0.1) is 5.92 Å². The fraction of sp³-hybridized carbons (Fsp3) is 0.318. The number of ether oxygens (including phenoxy) is 2. The fourth-order valence-corrected chi connectivity index (χ4v) is 3.08. The lowest BCUT2D eigenvalue weighted by atomic mass is 9.98. The normalized spacial score (nSPS) is 16.5. The number of hydrogen-bond donors (Lipinski definition) is 3. The van der Waals surface area contributed by atoms with Crippen molar-refractivity contribution < 1.29 is 23.9 Å². The number of fused-ring (bicyclic) bond motifs is 1. The second-order valence-corrected chi connectivity index (χ2v) is 7.62. The SMILES string of the molecule is CC[C@H](C)[C@H](NC(=O)c1ccc(Cl)cc1)C(=O)NNC(=O)C1COc2ccccc2O1. The standard InChI is InChI=1S/C22H24ClN3O5/c1-3-13(2)19(24-20(27)14-8-10-15(23)11-9-14)22(29)26-25-21(28)18-12-30-16-6-4-5-7-17(16)31-18/h4-11,13,18-19H,3,12H2,1-2H3,(H,24,27)(H,25,28)(H,26,29)/t13-,18?,19-/m0/s1. The number of hydrazine groups is 1. The third kappa shape index (κ3) is 5.67. The Balaban J connectivity index is 1.58. The Morgan fingerprint density at radius 2 is 1.74 bits per heavy atom. The van der Waals surface area contributed by atoms with E-state index in [4.69, 9.17) is 21.1 Å². The molecule has 1 aliphatic rings. The van der Waals surface area contributed by atoms with E-state index in [9.17, 15) is 14.4 Å². The van der Waals surface area contributed by atoms with Gasteiger partial charge in [-0.05, 0) is 42.3 Å². The Morgan fingerprint density at radius 1 is 1.06 bits per heavy atom. The first-order valence-corrected chi connectivity index (χ1v) is 10.3. The Hall–Kier alpha value is -3.26. The summed E-state index contributed by atoms with van der Waals surface area (Å²) in [4.78, 5) is 37.7. The van der Waals surface area contributed by atoms with Crippen LogP contribution < -0.4 is 25.6 Å². The van der Waals surface area contributed by atoms with Crippen LogP contribution in [0.3, 0.4) is 0 Å². The van der Waals surface area contributed by atoms with E-state index in [-0.39, 0.29) is 12.5 Å². The quantitative estimate of drug-likeness (QED) is 0.592. The van der Waals surface area contributed by atoms with Crippen LogP contribution in [0.1, 0.15) is 30.6 Å². The second-order valence-electron chi connectivity index (χ2n) is 7.19. The average Bonchev–Trinajstić information content (AvgIpc) is 2.80. The van der Waals surface area contributed by atoms with Crippen LogP contribution in [-0.2, 0) is 9.59 Å². The van der Waals surface area contributed by atoms with Crippen LogP contribution in [0.2, 0.25) is 5.02 Å². The number of hydrogen-bond acceptors (Lipinski definition) is 5. The molecule has 0 fully saturated rings. The van der Waals surface area contributed by atoms with Gasteiger partial charge in [-0.1, -0.05) is 44.0 Å². The van der Waals surface area contributed by atoms with Crippen molar-refractivity contribution in [1.29, 1.82) is 0 Å². The van der Waals surface area contributed by atoms with E-state index in [1.54, 1.807) is 48.5 Å². The molecule has 0 aromatic heterocycles. The van der Waals surface area contributed by atoms with Gasteiger partial charge < -0.3 is 14.8 Å². The molecule has 2 aromatic carbocycles. The smallest absolute Gasteiger partial charge is 0.283 e. The molecule has 3 N–H and O–H groups in total. The second kappa shape index (κ2) is 10.2. The molecular formula is C22H24ClN3O5. The number of amides is 3. The van der Waals surface area contributed by atoms with Gasteiger partial charge >= 0.3 is 0 Å². The molecule has 31 heavy (non-hydrogen) atoms. The van der Waals surface area contributed by atoms with Gasteiger partial charge in [0.1, 0.15) is 12.6 Å². The average molecular weight is 446 g/mol. The molecule has 0 radical (unpaired) electrons. The number of carbonyl (C=O) groups is 3. The number of para-hydroxylation sites is 2. The van der Waals surface area contributed by atoms with E-state index in [0.29, 0.717) is 28.5 Å². The molecule has 0 saturated carbocycles. The third-order valence-corrected chi connectivity index (χ3v) is 5.25. The van der Waals surface area contributed by atoms with Gasteiger partial charge in [0.15, 0.2) is 11.5 Å². The Kier molecular flexibility index (Phi) is 7.36. The van der Waals surface area contributed by atoms with Crippen LogP contribution in [0.25, 0.3) is 0 Å². The minimum absolute atomic E-state index is 0.0147. The molecule has 8 nitrogen and oxygen atoms in total. The monoisotopic (exact) mass is 445 g/mol. The highest BCUT2D eigenvalue weighted by atomic mass is 35.5. The van der Waals surface area contributed by atoms with Crippen molar-refractivity contribution in [2.24, 2.45) is 5.92 Å². The van der Waals surface area contributed by atoms with Crippen molar-refractivity contribution in [3.8, 4) is 11.5 Å². The van der Waals surface area contributed by atoms with Crippen LogP contribution in [-0.4, -0.2) is 36.5 Å². The molecule has 0 aliphatic carbocycles. The van der Waals surface area contributed by atoms with Crippen LogP contribution in [0.5, 0.6) is 11.5 Å². The maximum Gasteiger partial charge on any atom is 0.283 e. The first kappa shape index (κ1) is 22.4. The van der Waals surface area contributed by atoms with E-state index in [1.165, 1.54) is 0 Å². The number of halogens is 1. The van der Waals surface area contributed by atoms with Gasteiger partial charge in [0.05, 0.1) is 0 Å². The number of nitrogens with one attached hydrogen (secondary N) is 3. The van der Waals surface area contributed by atoms with E-state index in [0.717, 1.165) is 0 Å². The molecule has 3 amide bonds. The summed E-state index contributed by atoms with van der Waals surface area (Å²) in [6, 6.07) is 12.5. The summed E-state index contributed by atoms with van der Waals surface area (Å²) in [5, 5.41) is 3.22. The first-order valence-electron chi connectivity index (χ1n) is 9.93. The van der Waals surface area contributed by atoms with Crippen molar-refractivity contribution in [2.45, 2.75) is 32.4 Å². The molecule has 1 unspecified atom stereocenters. The van der Waals surface area contributed by atoms with E-state index >= 15 is 0 Å². The Labute approximate surface area is 185 Å². The summed E-state index contributed by atoms with van der Waals surface area (Å²) in [6.07, 6.45) is -0.274. The molecular weight excluding hydrogens is 422 g/mol. The molecule has 2 aromatic rings. The van der Waals surface area contributed by atoms with Crippen LogP contribution in [0.4, 0.5) is 0 Å². The van der Waals surface area contributed by atoms with Crippen molar-refractivity contribution in [1.82, 2.24) is 16.2 Å². The van der Waals surface area contributed by atoms with E-state index in [1.807, 2.05) is 13.8 Å². The minimum atomic E-state index is -0.916. The van der Waals surface area contributed by atoms with Gasteiger partial charge in [-0.15, -0.1) is 0 Å². The maximum atomic E-state index is 12.7. The Bertz CT molecular complexity index is 950. The van der Waals surface area contributed by atoms with E-state index < -0.39 is 29.9 Å². The van der Waals surface area contributed by atoms with Crippen molar-refractivity contribution in [3.05, 3.63) is 59.1 Å². The van der Waals surface area contributed by atoms with Gasteiger partial charge in [0, 0.05) is 10.6 Å². The van der Waals surface area contributed by atoms with Crippen molar-refractivity contribution >= 4 is 29.3 Å². The highest BCUT2D eigenvalue weighted by Crippen LogP contribution is 2.30. The lowest BCUT2D eigenvalue weighted by Crippen LogP contribution is -2.57. The predicted octanol–water partition coefficient (Wildman–Crippen LogP) is 2.47. The summed E-state index contributed by atoms with van der Waals surface area (Å²) in [5.41, 5.74) is 5.10. The van der Waals surface area contributed by atoms with Crippen LogP contribution in [0.15, 0.2) is 48.5 Å². The summed E-state index contributed by atoms with van der Waals surface area (Å²) in [5.74, 6) is -0.680. The maximum absolute atomic E-state index is 12.7. The molecule has 3 atom stereocenters. The number of rotatable bonds is 6. The van der Waals surface area contributed by atoms with Gasteiger partial charge in [-0.2, -0.15) is 0 Å². The molecule has 0 bridgehead atoms. The summed E-state index contributed by atoms with van der Waals surface area (Å²) in [6.45, 7) is 3.76. The zero-order valence-electron chi connectivity index (χ0n) is 17.2. The topological polar surface area (TPSA) is 106 Å². The van der Waals surface area contributed by atoms with Gasteiger partial charge in [-0.3, -0.25) is 25.2 Å². The zero-order chi connectivity index (χ0) is 22.4. The summed E-state index contributed by atoms with van der Waals surface area (Å²) in [7, 11) is 0. The zero-order valence-corrected chi connectivity index (χ0v) is 17.9. The summed E-state index contributed by atoms with van der Waals surface area (Å²) < 4.78 is 11.1. The molecule has 1 aliphatic heterocycles. The number of benzene rings is 2. The van der Waals surface area contributed by atoms with Crippen molar-refractivity contribution in [3.63, 3.8) is 0 Å². The Morgan fingerprint density at radius 3 is 2.42 bits per heavy atom.